The van der Waals surface area contributed by atoms with Gasteiger partial charge in [-0.05, 0) is 52.3 Å². The summed E-state index contributed by atoms with van der Waals surface area (Å²) in [7, 11) is 0. The second kappa shape index (κ2) is 7.91. The van der Waals surface area contributed by atoms with Crippen LogP contribution < -0.4 is 5.32 Å². The molecule has 1 aromatic carbocycles. The molecule has 0 saturated carbocycles. The van der Waals surface area contributed by atoms with E-state index in [0.717, 1.165) is 13.6 Å². The number of benzene rings is 1. The van der Waals surface area contributed by atoms with Crippen molar-refractivity contribution >= 4 is 51.0 Å². The quantitative estimate of drug-likeness (QED) is 0.571. The molecule has 2 aromatic heterocycles. The number of hydrogen-bond donors (Lipinski definition) is 1. The molecule has 9 heteroatoms. The van der Waals surface area contributed by atoms with Crippen LogP contribution in [0.1, 0.15) is 6.42 Å². The summed E-state index contributed by atoms with van der Waals surface area (Å²) in [5.41, 5.74) is 0. The van der Waals surface area contributed by atoms with Crippen molar-refractivity contribution in [3.63, 3.8) is 0 Å². The highest BCUT2D eigenvalue weighted by Gasteiger charge is 2.12. The first-order chi connectivity index (χ1) is 11.6. The minimum absolute atomic E-state index is 0.0753. The zero-order chi connectivity index (χ0) is 16.9. The van der Waals surface area contributed by atoms with Gasteiger partial charge in [0.15, 0.2) is 0 Å². The average molecular weight is 428 g/mol. The molecule has 24 heavy (non-hydrogen) atoms. The molecule has 0 aliphatic heterocycles. The first kappa shape index (κ1) is 17.1. The molecule has 0 saturated heterocycles. The van der Waals surface area contributed by atoms with Crippen molar-refractivity contribution < 1.29 is 13.6 Å². The molecular weight excluding hydrogens is 417 g/mol. The van der Waals surface area contributed by atoms with Gasteiger partial charge in [-0.1, -0.05) is 5.10 Å². The van der Waals surface area contributed by atoms with E-state index in [9.17, 15) is 9.18 Å². The Bertz CT molecular complexity index is 835. The zero-order valence-corrected chi connectivity index (χ0v) is 15.4. The van der Waals surface area contributed by atoms with Gasteiger partial charge in [0.05, 0.1) is 8.66 Å². The summed E-state index contributed by atoms with van der Waals surface area (Å²) < 4.78 is 19.2. The number of hydrogen-bond acceptors (Lipinski definition) is 6. The Labute approximate surface area is 153 Å². The number of rotatable bonds is 6. The minimum Gasteiger partial charge on any atom is -0.402 e. The van der Waals surface area contributed by atoms with E-state index in [1.165, 1.54) is 35.2 Å². The Kier molecular flexibility index (Phi) is 5.64. The van der Waals surface area contributed by atoms with Crippen molar-refractivity contribution in [3.8, 4) is 10.8 Å². The number of aromatic nitrogens is 2. The molecule has 0 atom stereocenters. The maximum atomic E-state index is 12.8. The van der Waals surface area contributed by atoms with E-state index in [2.05, 4.69) is 31.4 Å². The van der Waals surface area contributed by atoms with Crippen molar-refractivity contribution in [2.24, 2.45) is 0 Å². The van der Waals surface area contributed by atoms with Crippen LogP contribution in [0.3, 0.4) is 0 Å². The number of halogens is 2. The topological polar surface area (TPSA) is 68.0 Å². The van der Waals surface area contributed by atoms with Crippen molar-refractivity contribution in [1.82, 2.24) is 10.2 Å². The van der Waals surface area contributed by atoms with E-state index < -0.39 is 0 Å². The monoisotopic (exact) mass is 427 g/mol. The normalized spacial score (nSPS) is 10.8. The number of carbonyl (C=O) groups is 1. The lowest BCUT2D eigenvalue weighted by atomic mass is 10.4. The lowest BCUT2D eigenvalue weighted by Gasteiger charge is -2.01. The third-order valence-corrected chi connectivity index (χ3v) is 5.49. The van der Waals surface area contributed by atoms with Gasteiger partial charge >= 0.3 is 6.01 Å². The molecule has 0 spiro atoms. The molecule has 0 radical (unpaired) electrons. The van der Waals surface area contributed by atoms with E-state index in [1.54, 1.807) is 12.1 Å². The lowest BCUT2D eigenvalue weighted by molar-refractivity contribution is -0.115. The van der Waals surface area contributed by atoms with Crippen molar-refractivity contribution in [2.45, 2.75) is 11.3 Å². The molecule has 2 heterocycles. The predicted molar refractivity (Wildman–Crippen MR) is 95.7 cm³/mol. The fourth-order valence-electron chi connectivity index (χ4n) is 1.78. The SMILES string of the molecule is O=C(CCSc1ccc(F)cc1)Nc1nnc(-c2ccc(Br)s2)o1. The maximum absolute atomic E-state index is 12.8. The predicted octanol–water partition coefficient (Wildman–Crippen LogP) is 4.82. The third-order valence-electron chi connectivity index (χ3n) is 2.87. The number of amides is 1. The van der Waals surface area contributed by atoms with Crippen LogP contribution in [-0.4, -0.2) is 21.9 Å². The highest BCUT2D eigenvalue weighted by molar-refractivity contribution is 9.11. The van der Waals surface area contributed by atoms with Crippen LogP contribution in [0.25, 0.3) is 10.8 Å². The van der Waals surface area contributed by atoms with Crippen LogP contribution >= 0.6 is 39.0 Å². The molecule has 1 N–H and O–H groups in total. The maximum Gasteiger partial charge on any atom is 0.322 e. The first-order valence-corrected chi connectivity index (χ1v) is 9.47. The van der Waals surface area contributed by atoms with Gasteiger partial charge in [0.1, 0.15) is 5.82 Å². The van der Waals surface area contributed by atoms with Crippen LogP contribution in [0.2, 0.25) is 0 Å². The fraction of sp³-hybridized carbons (Fsp3) is 0.133. The Balaban J connectivity index is 1.48. The number of thiophene rings is 1. The smallest absolute Gasteiger partial charge is 0.322 e. The molecule has 5 nitrogen and oxygen atoms in total. The number of nitrogens with one attached hydrogen (secondary N) is 1. The second-order valence-corrected chi connectivity index (χ2v) is 8.25. The summed E-state index contributed by atoms with van der Waals surface area (Å²) in [6.07, 6.45) is 0.282. The highest BCUT2D eigenvalue weighted by atomic mass is 79.9. The zero-order valence-electron chi connectivity index (χ0n) is 12.2. The lowest BCUT2D eigenvalue weighted by Crippen LogP contribution is -2.12. The Hall–Kier alpha value is -1.71. The van der Waals surface area contributed by atoms with Crippen molar-refractivity contribution in [1.29, 1.82) is 0 Å². The molecule has 0 unspecified atom stereocenters. The largest absolute Gasteiger partial charge is 0.402 e. The van der Waals surface area contributed by atoms with Gasteiger partial charge in [-0.25, -0.2) is 4.39 Å². The van der Waals surface area contributed by atoms with Crippen molar-refractivity contribution in [3.05, 3.63) is 46.0 Å². The van der Waals surface area contributed by atoms with Crippen LogP contribution in [0, 0.1) is 5.82 Å². The average Bonchev–Trinajstić information content (AvgIpc) is 3.18. The number of anilines is 1. The van der Waals surface area contributed by atoms with Gasteiger partial charge in [0.25, 0.3) is 5.89 Å². The molecule has 124 valence electrons. The van der Waals surface area contributed by atoms with E-state index in [-0.39, 0.29) is 24.2 Å². The van der Waals surface area contributed by atoms with Gasteiger partial charge in [-0.15, -0.1) is 28.2 Å². The molecule has 0 aliphatic rings. The molecule has 0 fully saturated rings. The van der Waals surface area contributed by atoms with Gasteiger partial charge in [0, 0.05) is 17.1 Å². The second-order valence-electron chi connectivity index (χ2n) is 4.62. The Morgan fingerprint density at radius 2 is 2.04 bits per heavy atom. The Morgan fingerprint density at radius 1 is 1.25 bits per heavy atom. The summed E-state index contributed by atoms with van der Waals surface area (Å²) in [6, 6.07) is 9.97. The van der Waals surface area contributed by atoms with Crippen molar-refractivity contribution in [2.75, 3.05) is 11.1 Å². The van der Waals surface area contributed by atoms with Gasteiger partial charge < -0.3 is 4.42 Å². The third kappa shape index (κ3) is 4.65. The summed E-state index contributed by atoms with van der Waals surface area (Å²) in [5.74, 6) is 0.437. The van der Waals surface area contributed by atoms with E-state index in [0.29, 0.717) is 11.6 Å². The van der Waals surface area contributed by atoms with Gasteiger partial charge in [-0.2, -0.15) is 0 Å². The highest BCUT2D eigenvalue weighted by Crippen LogP contribution is 2.31. The first-order valence-electron chi connectivity index (χ1n) is 6.87. The van der Waals surface area contributed by atoms with Crippen LogP contribution in [-0.2, 0) is 4.79 Å². The van der Waals surface area contributed by atoms with E-state index in [4.69, 9.17) is 4.42 Å². The number of thioether (sulfide) groups is 1. The number of nitrogens with zero attached hydrogens (tertiary/aromatic N) is 2. The summed E-state index contributed by atoms with van der Waals surface area (Å²) in [6.45, 7) is 0. The van der Waals surface area contributed by atoms with Gasteiger partial charge in [-0.3, -0.25) is 10.1 Å². The minimum atomic E-state index is -0.276. The summed E-state index contributed by atoms with van der Waals surface area (Å²) >= 11 is 6.30. The van der Waals surface area contributed by atoms with Crippen LogP contribution in [0.5, 0.6) is 0 Å². The number of carbonyl (C=O) groups excluding carboxylic acids is 1. The molecule has 0 bridgehead atoms. The van der Waals surface area contributed by atoms with E-state index in [1.807, 2.05) is 12.1 Å². The Morgan fingerprint density at radius 3 is 2.75 bits per heavy atom. The van der Waals surface area contributed by atoms with E-state index >= 15 is 0 Å². The van der Waals surface area contributed by atoms with Crippen LogP contribution in [0.4, 0.5) is 10.4 Å². The molecule has 3 rings (SSSR count). The summed E-state index contributed by atoms with van der Waals surface area (Å²) in [4.78, 5) is 13.6. The van der Waals surface area contributed by atoms with Gasteiger partial charge in [0.2, 0.25) is 5.91 Å². The molecular formula is C15H11BrFN3O2S2. The molecule has 3 aromatic rings. The fourth-order valence-corrected chi connectivity index (χ4v) is 3.94. The molecule has 1 amide bonds. The summed E-state index contributed by atoms with van der Waals surface area (Å²) in [5, 5.41) is 10.3. The standard InChI is InChI=1S/C15H11BrFN3O2S2/c16-12-6-5-11(24-12)14-19-20-15(22-14)18-13(21)7-8-23-10-3-1-9(17)2-4-10/h1-6H,7-8H2,(H,18,20,21). The van der Waals surface area contributed by atoms with Crippen LogP contribution in [0.15, 0.2) is 49.5 Å². The molecule has 0 aliphatic carbocycles.